The minimum Gasteiger partial charge on any atom is -0.454 e. The maximum Gasteiger partial charge on any atom is 0.584 e. The Hall–Kier alpha value is -2.56. The lowest BCUT2D eigenvalue weighted by Gasteiger charge is -2.16. The molecule has 0 heterocycles. The van der Waals surface area contributed by atoms with Crippen LogP contribution in [0.15, 0.2) is 66.7 Å². The number of para-hydroxylation sites is 1. The second kappa shape index (κ2) is 8.01. The molecule has 0 fully saturated rings. The zero-order valence-electron chi connectivity index (χ0n) is 13.9. The van der Waals surface area contributed by atoms with E-state index in [1.165, 1.54) is 12.1 Å². The quantitative estimate of drug-likeness (QED) is 0.446. The second-order valence-corrected chi connectivity index (χ2v) is 6.66. The van der Waals surface area contributed by atoms with E-state index in [1.54, 1.807) is 56.3 Å². The van der Waals surface area contributed by atoms with Gasteiger partial charge in [0.2, 0.25) is 0 Å². The molecule has 0 aliphatic carbocycles. The Morgan fingerprint density at radius 2 is 1.56 bits per heavy atom. The van der Waals surface area contributed by atoms with E-state index in [1.807, 2.05) is 0 Å². The van der Waals surface area contributed by atoms with Crippen LogP contribution in [0.25, 0.3) is 0 Å². The van der Waals surface area contributed by atoms with Crippen molar-refractivity contribution in [3.63, 3.8) is 0 Å². The molecule has 0 bridgehead atoms. The third-order valence-electron chi connectivity index (χ3n) is 3.17. The molecule has 2 rings (SSSR count). The monoisotopic (exact) mass is 362 g/mol. The first-order valence-electron chi connectivity index (χ1n) is 7.50. The standard InChI is InChI=1S/C18H19O6P/c1-13(2)18(19)22-14(3)15-9-11-17(12-10-15)24-25(20,21)23-16-7-5-4-6-8-16/h4-12,14H,1H2,2-3H3,(H,20,21). The van der Waals surface area contributed by atoms with Crippen LogP contribution < -0.4 is 9.05 Å². The lowest BCUT2D eigenvalue weighted by atomic mass is 10.1. The number of phosphoric ester groups is 1. The summed E-state index contributed by atoms with van der Waals surface area (Å²) in [6.07, 6.45) is -0.486. The summed E-state index contributed by atoms with van der Waals surface area (Å²) in [4.78, 5) is 21.3. The van der Waals surface area contributed by atoms with E-state index in [9.17, 15) is 14.3 Å². The molecule has 0 saturated carbocycles. The van der Waals surface area contributed by atoms with Gasteiger partial charge in [0.1, 0.15) is 17.6 Å². The Morgan fingerprint density at radius 1 is 1.04 bits per heavy atom. The van der Waals surface area contributed by atoms with Gasteiger partial charge in [-0.15, -0.1) is 0 Å². The largest absolute Gasteiger partial charge is 0.584 e. The Bertz CT molecular complexity index is 785. The van der Waals surface area contributed by atoms with Crippen LogP contribution in [0.2, 0.25) is 0 Å². The molecule has 2 unspecified atom stereocenters. The Balaban J connectivity index is 2.01. The minimum absolute atomic E-state index is 0.156. The summed E-state index contributed by atoms with van der Waals surface area (Å²) < 4.78 is 27.2. The molecule has 0 amide bonds. The number of benzene rings is 2. The Labute approximate surface area is 146 Å². The van der Waals surface area contributed by atoms with E-state index in [0.29, 0.717) is 11.1 Å². The van der Waals surface area contributed by atoms with Crippen LogP contribution in [0.4, 0.5) is 0 Å². The predicted octanol–water partition coefficient (Wildman–Crippen LogP) is 4.43. The summed E-state index contributed by atoms with van der Waals surface area (Å²) in [5.41, 5.74) is 1.02. The summed E-state index contributed by atoms with van der Waals surface area (Å²) in [7, 11) is -4.31. The molecule has 0 aliphatic rings. The first-order valence-corrected chi connectivity index (χ1v) is 9.00. The molecule has 6 nitrogen and oxygen atoms in total. The molecule has 2 aromatic carbocycles. The fraction of sp³-hybridized carbons (Fsp3) is 0.167. The van der Waals surface area contributed by atoms with E-state index in [-0.39, 0.29) is 11.5 Å². The van der Waals surface area contributed by atoms with E-state index in [4.69, 9.17) is 13.8 Å². The van der Waals surface area contributed by atoms with Crippen molar-refractivity contribution in [3.8, 4) is 11.5 Å². The number of phosphoric acid groups is 1. The van der Waals surface area contributed by atoms with Crippen molar-refractivity contribution >= 4 is 13.8 Å². The first kappa shape index (κ1) is 18.8. The molecule has 2 atom stereocenters. The number of ether oxygens (including phenoxy) is 1. The van der Waals surface area contributed by atoms with Crippen molar-refractivity contribution in [2.75, 3.05) is 0 Å². The van der Waals surface area contributed by atoms with Gasteiger partial charge in [0.05, 0.1) is 0 Å². The van der Waals surface area contributed by atoms with Crippen molar-refractivity contribution in [2.45, 2.75) is 20.0 Å². The van der Waals surface area contributed by atoms with Crippen molar-refractivity contribution in [1.29, 1.82) is 0 Å². The van der Waals surface area contributed by atoms with Gasteiger partial charge in [-0.1, -0.05) is 36.9 Å². The number of hydrogen-bond acceptors (Lipinski definition) is 5. The molecule has 7 heteroatoms. The smallest absolute Gasteiger partial charge is 0.454 e. The van der Waals surface area contributed by atoms with Crippen LogP contribution in [0, 0.1) is 0 Å². The first-order chi connectivity index (χ1) is 11.8. The van der Waals surface area contributed by atoms with Crippen molar-refractivity contribution in [1.82, 2.24) is 0 Å². The Kier molecular flexibility index (Phi) is 6.02. The third-order valence-corrected chi connectivity index (χ3v) is 4.05. The van der Waals surface area contributed by atoms with Gasteiger partial charge >= 0.3 is 13.8 Å². The van der Waals surface area contributed by atoms with Gasteiger partial charge in [0.15, 0.2) is 0 Å². The number of rotatable bonds is 7. The van der Waals surface area contributed by atoms with Gasteiger partial charge in [0, 0.05) is 5.57 Å². The van der Waals surface area contributed by atoms with E-state index in [0.717, 1.165) is 0 Å². The van der Waals surface area contributed by atoms with Gasteiger partial charge in [-0.2, -0.15) is 0 Å². The fourth-order valence-corrected chi connectivity index (χ4v) is 2.71. The summed E-state index contributed by atoms with van der Waals surface area (Å²) in [5, 5.41) is 0. The summed E-state index contributed by atoms with van der Waals surface area (Å²) >= 11 is 0. The zero-order valence-corrected chi connectivity index (χ0v) is 14.8. The van der Waals surface area contributed by atoms with Crippen LogP contribution in [0.1, 0.15) is 25.5 Å². The molecule has 1 N–H and O–H groups in total. The highest BCUT2D eigenvalue weighted by Crippen LogP contribution is 2.44. The molecular weight excluding hydrogens is 343 g/mol. The normalized spacial score (nSPS) is 14.0. The van der Waals surface area contributed by atoms with Crippen LogP contribution in [0.3, 0.4) is 0 Å². The molecule has 132 valence electrons. The summed E-state index contributed by atoms with van der Waals surface area (Å²) in [5.74, 6) is -0.0989. The predicted molar refractivity (Wildman–Crippen MR) is 93.3 cm³/mol. The maximum atomic E-state index is 12.0. The number of hydrogen-bond donors (Lipinski definition) is 1. The average Bonchev–Trinajstić information content (AvgIpc) is 2.55. The topological polar surface area (TPSA) is 82.1 Å². The van der Waals surface area contributed by atoms with E-state index < -0.39 is 19.9 Å². The van der Waals surface area contributed by atoms with Gasteiger partial charge in [-0.3, -0.25) is 4.89 Å². The van der Waals surface area contributed by atoms with Crippen LogP contribution in [-0.4, -0.2) is 10.9 Å². The highest BCUT2D eigenvalue weighted by atomic mass is 31.2. The molecule has 0 radical (unpaired) electrons. The summed E-state index contributed by atoms with van der Waals surface area (Å²) in [6.45, 7) is 6.80. The lowest BCUT2D eigenvalue weighted by Crippen LogP contribution is -2.09. The third kappa shape index (κ3) is 5.78. The van der Waals surface area contributed by atoms with Crippen LogP contribution in [0.5, 0.6) is 11.5 Å². The van der Waals surface area contributed by atoms with Crippen LogP contribution >= 0.6 is 7.82 Å². The highest BCUT2D eigenvalue weighted by Gasteiger charge is 2.25. The second-order valence-electron chi connectivity index (χ2n) is 5.36. The minimum atomic E-state index is -4.31. The Morgan fingerprint density at radius 3 is 2.08 bits per heavy atom. The maximum absolute atomic E-state index is 12.0. The van der Waals surface area contributed by atoms with E-state index in [2.05, 4.69) is 6.58 Å². The molecule has 2 aromatic rings. The SMILES string of the molecule is C=C(C)C(=O)OC(C)c1ccc(OP(=O)(O)Oc2ccccc2)cc1. The fourth-order valence-electron chi connectivity index (χ4n) is 1.90. The highest BCUT2D eigenvalue weighted by molar-refractivity contribution is 7.48. The zero-order chi connectivity index (χ0) is 18.4. The van der Waals surface area contributed by atoms with Crippen molar-refractivity contribution in [2.24, 2.45) is 0 Å². The molecule has 0 aromatic heterocycles. The van der Waals surface area contributed by atoms with Crippen molar-refractivity contribution in [3.05, 3.63) is 72.3 Å². The molecule has 25 heavy (non-hydrogen) atoms. The molecule has 0 aliphatic heterocycles. The number of esters is 1. The number of carbonyl (C=O) groups is 1. The van der Waals surface area contributed by atoms with Gasteiger partial charge in [0.25, 0.3) is 0 Å². The van der Waals surface area contributed by atoms with Crippen molar-refractivity contribution < 1.29 is 28.0 Å². The lowest BCUT2D eigenvalue weighted by molar-refractivity contribution is -0.143. The molecular formula is C18H19O6P. The summed E-state index contributed by atoms with van der Waals surface area (Å²) in [6, 6.07) is 14.5. The van der Waals surface area contributed by atoms with Crippen LogP contribution in [-0.2, 0) is 14.1 Å². The van der Waals surface area contributed by atoms with E-state index >= 15 is 0 Å². The van der Waals surface area contributed by atoms with Gasteiger partial charge in [-0.25, -0.2) is 9.36 Å². The average molecular weight is 362 g/mol. The number of carbonyl (C=O) groups excluding carboxylic acids is 1. The molecule has 0 spiro atoms. The van der Waals surface area contributed by atoms with Gasteiger partial charge in [-0.05, 0) is 43.7 Å². The van der Waals surface area contributed by atoms with Gasteiger partial charge < -0.3 is 13.8 Å². The molecule has 0 saturated heterocycles.